The first-order valence-electron chi connectivity index (χ1n) is 19.1. The number of rotatable bonds is 4. The summed E-state index contributed by atoms with van der Waals surface area (Å²) in [5.74, 6) is 0. The predicted molar refractivity (Wildman–Crippen MR) is 234 cm³/mol. The maximum absolute atomic E-state index is 15.2. The predicted octanol–water partition coefficient (Wildman–Crippen LogP) is 13.8. The fraction of sp³-hybridized carbons (Fsp3) is 0.0377. The van der Waals surface area contributed by atoms with Crippen LogP contribution in [0.3, 0.4) is 0 Å². The Kier molecular flexibility index (Phi) is 7.18. The molecule has 0 saturated carbocycles. The molecule has 55 heavy (non-hydrogen) atoms. The molecule has 0 radical (unpaired) electrons. The molecule has 0 N–H and O–H groups in total. The molecule has 9 aromatic carbocycles. The zero-order valence-electron chi connectivity index (χ0n) is 30.2. The van der Waals surface area contributed by atoms with Gasteiger partial charge in [-0.3, -0.25) is 9.36 Å². The molecule has 258 valence electrons. The second kappa shape index (κ2) is 12.5. The molecule has 2 nitrogen and oxygen atoms in total. The number of fused-ring (bicyclic) bond motifs is 7. The molecule has 0 amide bonds. The summed E-state index contributed by atoms with van der Waals surface area (Å²) in [4.78, 5) is 15.2. The molecule has 10 aromatic rings. The molecule has 0 atom stereocenters. The number of aromatic nitrogens is 1. The van der Waals surface area contributed by atoms with E-state index >= 15 is 4.79 Å². The molecule has 0 aliphatic heterocycles. The van der Waals surface area contributed by atoms with Gasteiger partial charge in [-0.1, -0.05) is 170 Å². The third-order valence-electron chi connectivity index (χ3n) is 11.6. The van der Waals surface area contributed by atoms with Gasteiger partial charge in [0.05, 0.1) is 11.2 Å². The van der Waals surface area contributed by atoms with E-state index < -0.39 is 0 Å². The van der Waals surface area contributed by atoms with E-state index in [2.05, 4.69) is 182 Å². The smallest absolute Gasteiger partial charge is 0.263 e. The minimum Gasteiger partial charge on any atom is -0.275 e. The van der Waals surface area contributed by atoms with Crippen molar-refractivity contribution in [2.45, 2.75) is 12.8 Å². The van der Waals surface area contributed by atoms with Gasteiger partial charge < -0.3 is 0 Å². The highest BCUT2D eigenvalue weighted by molar-refractivity contribution is 6.23. The van der Waals surface area contributed by atoms with Gasteiger partial charge in [0, 0.05) is 21.5 Å². The molecule has 2 heteroatoms. The van der Waals surface area contributed by atoms with Crippen molar-refractivity contribution in [1.29, 1.82) is 0 Å². The third-order valence-corrected chi connectivity index (χ3v) is 11.6. The lowest BCUT2D eigenvalue weighted by molar-refractivity contribution is 1.04. The minimum absolute atomic E-state index is 0.0192. The summed E-state index contributed by atoms with van der Waals surface area (Å²) in [5.41, 5.74) is 8.99. The first-order valence-corrected chi connectivity index (χ1v) is 19.1. The van der Waals surface area contributed by atoms with Crippen LogP contribution in [0.4, 0.5) is 0 Å². The zero-order valence-corrected chi connectivity index (χ0v) is 30.2. The molecular weight excluding hydrogens is 667 g/mol. The van der Waals surface area contributed by atoms with Gasteiger partial charge >= 0.3 is 0 Å². The summed E-state index contributed by atoms with van der Waals surface area (Å²) >= 11 is 0. The number of hydrogen-bond acceptors (Lipinski definition) is 1. The Balaban J connectivity index is 1.22. The second-order valence-corrected chi connectivity index (χ2v) is 14.6. The molecule has 11 rings (SSSR count). The third kappa shape index (κ3) is 4.78. The highest BCUT2D eigenvalue weighted by atomic mass is 16.1. The largest absolute Gasteiger partial charge is 0.275 e. The van der Waals surface area contributed by atoms with E-state index in [-0.39, 0.29) is 5.56 Å². The van der Waals surface area contributed by atoms with Crippen molar-refractivity contribution in [1.82, 2.24) is 4.57 Å². The van der Waals surface area contributed by atoms with E-state index in [1.807, 2.05) is 10.6 Å². The van der Waals surface area contributed by atoms with Crippen molar-refractivity contribution < 1.29 is 0 Å². The monoisotopic (exact) mass is 701 g/mol. The summed E-state index contributed by atoms with van der Waals surface area (Å²) < 4.78 is 1.98. The number of benzene rings is 9. The number of para-hydroxylation sites is 1. The molecule has 1 aliphatic rings. The van der Waals surface area contributed by atoms with E-state index in [1.165, 1.54) is 49.4 Å². The van der Waals surface area contributed by atoms with Crippen LogP contribution in [-0.2, 0) is 0 Å². The van der Waals surface area contributed by atoms with Crippen LogP contribution in [-0.4, -0.2) is 4.57 Å². The summed E-state index contributed by atoms with van der Waals surface area (Å²) in [6.07, 6.45) is 8.96. The lowest BCUT2D eigenvalue weighted by Crippen LogP contribution is -2.20. The van der Waals surface area contributed by atoms with Gasteiger partial charge in [-0.15, -0.1) is 0 Å². The molecular formula is C53H35NO. The summed E-state index contributed by atoms with van der Waals surface area (Å²) in [6, 6.07) is 60.2. The summed E-state index contributed by atoms with van der Waals surface area (Å²) in [5, 5.41) is 11.9. The van der Waals surface area contributed by atoms with Crippen LogP contribution in [0.2, 0.25) is 0 Å². The molecule has 0 bridgehead atoms. The SMILES string of the molecule is O=c1c2ccc(-c3c4ccccc4c(-c4ccccc4)c4ccccc34)cc2c2ccccc2n1-c1c2ccccc2c(C2=CCCC=C2)c2ccccc12. The normalized spacial score (nSPS) is 13.1. The Morgan fingerprint density at radius 2 is 0.873 bits per heavy atom. The number of pyridine rings is 1. The highest BCUT2D eigenvalue weighted by Gasteiger charge is 2.22. The average molecular weight is 702 g/mol. The van der Waals surface area contributed by atoms with Crippen LogP contribution in [0, 0.1) is 0 Å². The van der Waals surface area contributed by atoms with E-state index in [1.54, 1.807) is 0 Å². The Bertz CT molecular complexity index is 3210. The first-order chi connectivity index (χ1) is 27.3. The molecule has 1 aliphatic carbocycles. The fourth-order valence-electron chi connectivity index (χ4n) is 9.27. The molecule has 0 fully saturated rings. The van der Waals surface area contributed by atoms with Gasteiger partial charge in [0.25, 0.3) is 5.56 Å². The van der Waals surface area contributed by atoms with Crippen molar-refractivity contribution in [2.24, 2.45) is 0 Å². The number of hydrogen-bond donors (Lipinski definition) is 0. The lowest BCUT2D eigenvalue weighted by atomic mass is 9.85. The van der Waals surface area contributed by atoms with Crippen molar-refractivity contribution in [2.75, 3.05) is 0 Å². The Morgan fingerprint density at radius 1 is 0.382 bits per heavy atom. The van der Waals surface area contributed by atoms with Crippen LogP contribution in [0.1, 0.15) is 18.4 Å². The average Bonchev–Trinajstić information content (AvgIpc) is 3.25. The van der Waals surface area contributed by atoms with Crippen LogP contribution < -0.4 is 5.56 Å². The zero-order chi connectivity index (χ0) is 36.5. The van der Waals surface area contributed by atoms with E-state index in [4.69, 9.17) is 0 Å². The van der Waals surface area contributed by atoms with Gasteiger partial charge in [-0.2, -0.15) is 0 Å². The fourth-order valence-corrected chi connectivity index (χ4v) is 9.27. The van der Waals surface area contributed by atoms with Crippen molar-refractivity contribution in [3.05, 3.63) is 204 Å². The Labute approximate surface area is 318 Å². The molecule has 0 unspecified atom stereocenters. The van der Waals surface area contributed by atoms with E-state index in [0.29, 0.717) is 5.39 Å². The second-order valence-electron chi connectivity index (χ2n) is 14.6. The standard InChI is InChI=1S/C53H35NO/c55-53-46-32-31-36(51-40-24-9-7-22-38(40)49(34-17-3-1-4-18-34)39-23-8-10-25-41(39)51)33-47(46)37-21-15-16-30-48(37)54(53)52-44-28-13-11-26-42(44)50(35-19-5-2-6-20-35)43-27-12-14-29-45(43)52/h1,3-5,7-33H,2,6H2. The van der Waals surface area contributed by atoms with Crippen molar-refractivity contribution >= 4 is 70.3 Å². The lowest BCUT2D eigenvalue weighted by Gasteiger charge is -2.22. The Morgan fingerprint density at radius 3 is 1.44 bits per heavy atom. The van der Waals surface area contributed by atoms with Crippen LogP contribution in [0.15, 0.2) is 193 Å². The van der Waals surface area contributed by atoms with Gasteiger partial charge in [0.2, 0.25) is 0 Å². The van der Waals surface area contributed by atoms with Gasteiger partial charge in [0.15, 0.2) is 0 Å². The van der Waals surface area contributed by atoms with Crippen LogP contribution >= 0.6 is 0 Å². The topological polar surface area (TPSA) is 22.0 Å². The maximum Gasteiger partial charge on any atom is 0.263 e. The van der Waals surface area contributed by atoms with Gasteiger partial charge in [-0.05, 0) is 102 Å². The molecule has 1 heterocycles. The van der Waals surface area contributed by atoms with Crippen LogP contribution in [0.5, 0.6) is 0 Å². The minimum atomic E-state index is -0.0192. The highest BCUT2D eigenvalue weighted by Crippen LogP contribution is 2.45. The number of nitrogens with zero attached hydrogens (tertiary/aromatic N) is 1. The van der Waals surface area contributed by atoms with Crippen molar-refractivity contribution in [3.8, 4) is 27.9 Å². The van der Waals surface area contributed by atoms with Crippen LogP contribution in [0.25, 0.3) is 98.3 Å². The summed E-state index contributed by atoms with van der Waals surface area (Å²) in [6.45, 7) is 0. The summed E-state index contributed by atoms with van der Waals surface area (Å²) in [7, 11) is 0. The van der Waals surface area contributed by atoms with Gasteiger partial charge in [-0.25, -0.2) is 0 Å². The molecule has 0 spiro atoms. The molecule has 0 saturated heterocycles. The van der Waals surface area contributed by atoms with Gasteiger partial charge in [0.1, 0.15) is 0 Å². The number of allylic oxidation sites excluding steroid dienone is 4. The maximum atomic E-state index is 15.2. The molecule has 1 aromatic heterocycles. The quantitative estimate of drug-likeness (QED) is 0.132. The van der Waals surface area contributed by atoms with E-state index in [0.717, 1.165) is 61.9 Å². The Hall–Kier alpha value is -7.03. The van der Waals surface area contributed by atoms with Crippen molar-refractivity contribution in [3.63, 3.8) is 0 Å². The first kappa shape index (κ1) is 31.5. The van der Waals surface area contributed by atoms with E-state index in [9.17, 15) is 0 Å².